The summed E-state index contributed by atoms with van der Waals surface area (Å²) >= 11 is 1.37. The highest BCUT2D eigenvalue weighted by Crippen LogP contribution is 2.32. The summed E-state index contributed by atoms with van der Waals surface area (Å²) in [5.41, 5.74) is 1.71. The Kier molecular flexibility index (Phi) is 8.38. The van der Waals surface area contributed by atoms with Gasteiger partial charge in [0.2, 0.25) is 5.91 Å². The van der Waals surface area contributed by atoms with Crippen molar-refractivity contribution in [2.75, 3.05) is 56.7 Å². The lowest BCUT2D eigenvalue weighted by molar-refractivity contribution is -0.116. The predicted molar refractivity (Wildman–Crippen MR) is 138 cm³/mol. The zero-order valence-corrected chi connectivity index (χ0v) is 21.7. The molecule has 0 bridgehead atoms. The van der Waals surface area contributed by atoms with Crippen LogP contribution in [0, 0.1) is 6.92 Å². The standard InChI is InChI=1S/C25H31N3O5S2/c1-3-33-20-7-10-22-23(17-20)34-25(26-22)28(12-4-11-27-13-15-32-16-14-27)24(29)18-35(30,31)21-8-5-19(2)6-9-21/h5-10,17H,3-4,11-16,18H2,1-2H3. The van der Waals surface area contributed by atoms with E-state index in [0.29, 0.717) is 37.9 Å². The van der Waals surface area contributed by atoms with Crippen LogP contribution >= 0.6 is 11.3 Å². The van der Waals surface area contributed by atoms with E-state index in [2.05, 4.69) is 9.88 Å². The predicted octanol–water partition coefficient (Wildman–Crippen LogP) is 3.53. The summed E-state index contributed by atoms with van der Waals surface area (Å²) in [6.07, 6.45) is 0.705. The molecule has 8 nitrogen and oxygen atoms in total. The molecule has 4 rings (SSSR count). The normalized spacial score (nSPS) is 14.8. The van der Waals surface area contributed by atoms with E-state index in [9.17, 15) is 13.2 Å². The van der Waals surface area contributed by atoms with Gasteiger partial charge in [0.1, 0.15) is 11.5 Å². The summed E-state index contributed by atoms with van der Waals surface area (Å²) in [6, 6.07) is 12.2. The Morgan fingerprint density at radius 3 is 2.63 bits per heavy atom. The number of aromatic nitrogens is 1. The Hall–Kier alpha value is -2.53. The van der Waals surface area contributed by atoms with Crippen molar-refractivity contribution in [1.29, 1.82) is 0 Å². The first-order valence-electron chi connectivity index (χ1n) is 11.8. The van der Waals surface area contributed by atoms with Gasteiger partial charge in [-0.05, 0) is 50.6 Å². The molecule has 2 aromatic carbocycles. The average Bonchev–Trinajstić information content (AvgIpc) is 3.25. The van der Waals surface area contributed by atoms with Crippen LogP contribution in [-0.4, -0.2) is 76.0 Å². The number of carbonyl (C=O) groups excluding carboxylic acids is 1. The van der Waals surface area contributed by atoms with Gasteiger partial charge in [-0.1, -0.05) is 29.0 Å². The SMILES string of the molecule is CCOc1ccc2nc(N(CCCN3CCOCC3)C(=O)CS(=O)(=O)c3ccc(C)cc3)sc2c1. The zero-order chi connectivity index (χ0) is 24.8. The van der Waals surface area contributed by atoms with Gasteiger partial charge in [0.25, 0.3) is 0 Å². The van der Waals surface area contributed by atoms with Crippen molar-refractivity contribution >= 4 is 42.4 Å². The fourth-order valence-corrected chi connectivity index (χ4v) is 6.17. The van der Waals surface area contributed by atoms with Crippen molar-refractivity contribution in [3.8, 4) is 5.75 Å². The lowest BCUT2D eigenvalue weighted by atomic mass is 10.2. The molecule has 0 atom stereocenters. The van der Waals surface area contributed by atoms with E-state index in [1.54, 1.807) is 24.3 Å². The van der Waals surface area contributed by atoms with Crippen LogP contribution in [0.5, 0.6) is 5.75 Å². The fraction of sp³-hybridized carbons (Fsp3) is 0.440. The van der Waals surface area contributed by atoms with Gasteiger partial charge in [0.05, 0.1) is 34.9 Å². The van der Waals surface area contributed by atoms with Crippen LogP contribution in [0.1, 0.15) is 18.9 Å². The number of carbonyl (C=O) groups is 1. The first-order chi connectivity index (χ1) is 16.9. The van der Waals surface area contributed by atoms with Crippen LogP contribution in [0.2, 0.25) is 0 Å². The van der Waals surface area contributed by atoms with E-state index in [-0.39, 0.29) is 4.90 Å². The fourth-order valence-electron chi connectivity index (χ4n) is 3.94. The summed E-state index contributed by atoms with van der Waals surface area (Å²) < 4.78 is 37.9. The molecule has 0 unspecified atom stereocenters. The summed E-state index contributed by atoms with van der Waals surface area (Å²) in [5, 5.41) is 0.500. The number of fused-ring (bicyclic) bond motifs is 1. The largest absolute Gasteiger partial charge is 0.494 e. The van der Waals surface area contributed by atoms with E-state index >= 15 is 0 Å². The quantitative estimate of drug-likeness (QED) is 0.406. The molecule has 1 aliphatic rings. The number of benzene rings is 2. The Morgan fingerprint density at radius 1 is 1.17 bits per heavy atom. The van der Waals surface area contributed by atoms with Gasteiger partial charge in [-0.15, -0.1) is 0 Å². The van der Waals surface area contributed by atoms with Gasteiger partial charge < -0.3 is 9.47 Å². The third-order valence-corrected chi connectivity index (χ3v) is 8.50. The second kappa shape index (κ2) is 11.5. The number of morpholine rings is 1. The summed E-state index contributed by atoms with van der Waals surface area (Å²) in [4.78, 5) is 22.0. The molecular formula is C25H31N3O5S2. The molecule has 3 aromatic rings. The molecule has 1 saturated heterocycles. The lowest BCUT2D eigenvalue weighted by Gasteiger charge is -2.27. The Bertz CT molecular complexity index is 1250. The smallest absolute Gasteiger partial charge is 0.244 e. The number of thiazole rings is 1. The highest BCUT2D eigenvalue weighted by molar-refractivity contribution is 7.92. The van der Waals surface area contributed by atoms with Crippen LogP contribution in [0.4, 0.5) is 5.13 Å². The summed E-state index contributed by atoms with van der Waals surface area (Å²) in [7, 11) is -3.78. The molecule has 188 valence electrons. The van der Waals surface area contributed by atoms with Gasteiger partial charge in [-0.3, -0.25) is 14.6 Å². The van der Waals surface area contributed by atoms with Crippen molar-refractivity contribution in [1.82, 2.24) is 9.88 Å². The lowest BCUT2D eigenvalue weighted by Crippen LogP contribution is -2.40. The third-order valence-electron chi connectivity index (χ3n) is 5.84. The van der Waals surface area contributed by atoms with E-state index < -0.39 is 21.5 Å². The van der Waals surface area contributed by atoms with Gasteiger partial charge >= 0.3 is 0 Å². The van der Waals surface area contributed by atoms with Crippen molar-refractivity contribution < 1.29 is 22.7 Å². The molecule has 1 aliphatic heterocycles. The Labute approximate surface area is 210 Å². The Morgan fingerprint density at radius 2 is 1.91 bits per heavy atom. The number of nitrogens with zero attached hydrogens (tertiary/aromatic N) is 3. The van der Waals surface area contributed by atoms with Gasteiger partial charge in [0.15, 0.2) is 15.0 Å². The molecule has 35 heavy (non-hydrogen) atoms. The maximum Gasteiger partial charge on any atom is 0.244 e. The zero-order valence-electron chi connectivity index (χ0n) is 20.1. The second-order valence-electron chi connectivity index (χ2n) is 8.48. The minimum Gasteiger partial charge on any atom is -0.494 e. The maximum absolute atomic E-state index is 13.4. The second-order valence-corrected chi connectivity index (χ2v) is 11.5. The summed E-state index contributed by atoms with van der Waals surface area (Å²) in [5.74, 6) is -0.340. The molecule has 2 heterocycles. The molecule has 0 aliphatic carbocycles. The van der Waals surface area contributed by atoms with Crippen LogP contribution in [0.15, 0.2) is 47.4 Å². The molecular weight excluding hydrogens is 486 g/mol. The number of hydrogen-bond donors (Lipinski definition) is 0. The van der Waals surface area contributed by atoms with Crippen molar-refractivity contribution in [2.24, 2.45) is 0 Å². The van der Waals surface area contributed by atoms with Crippen molar-refractivity contribution in [3.05, 3.63) is 48.0 Å². The van der Waals surface area contributed by atoms with E-state index in [1.807, 2.05) is 32.0 Å². The number of aryl methyl sites for hydroxylation is 1. The highest BCUT2D eigenvalue weighted by Gasteiger charge is 2.27. The van der Waals surface area contributed by atoms with Crippen molar-refractivity contribution in [3.63, 3.8) is 0 Å². The molecule has 0 N–H and O–H groups in total. The summed E-state index contributed by atoms with van der Waals surface area (Å²) in [6.45, 7) is 8.69. The molecule has 1 aromatic heterocycles. The Balaban J connectivity index is 1.55. The molecule has 0 saturated carbocycles. The topological polar surface area (TPSA) is 89.0 Å². The van der Waals surface area contributed by atoms with Gasteiger partial charge in [-0.2, -0.15) is 0 Å². The van der Waals surface area contributed by atoms with Crippen LogP contribution in [0.25, 0.3) is 10.2 Å². The number of amides is 1. The number of anilines is 1. The van der Waals surface area contributed by atoms with Crippen molar-refractivity contribution in [2.45, 2.75) is 25.2 Å². The van der Waals surface area contributed by atoms with Crippen LogP contribution in [-0.2, 0) is 19.4 Å². The van der Waals surface area contributed by atoms with Gasteiger partial charge in [0, 0.05) is 26.2 Å². The number of sulfone groups is 1. The monoisotopic (exact) mass is 517 g/mol. The molecule has 1 fully saturated rings. The number of ether oxygens (including phenoxy) is 2. The van der Waals surface area contributed by atoms with Gasteiger partial charge in [-0.25, -0.2) is 13.4 Å². The molecule has 0 radical (unpaired) electrons. The minimum atomic E-state index is -3.78. The van der Waals surface area contributed by atoms with Crippen LogP contribution < -0.4 is 9.64 Å². The average molecular weight is 518 g/mol. The van der Waals surface area contributed by atoms with E-state index in [4.69, 9.17) is 9.47 Å². The molecule has 1 amide bonds. The van der Waals surface area contributed by atoms with E-state index in [1.165, 1.54) is 16.2 Å². The first kappa shape index (κ1) is 25.6. The number of rotatable bonds is 10. The number of hydrogen-bond acceptors (Lipinski definition) is 8. The third kappa shape index (κ3) is 6.58. The van der Waals surface area contributed by atoms with E-state index in [0.717, 1.165) is 41.2 Å². The minimum absolute atomic E-state index is 0.148. The van der Waals surface area contributed by atoms with Crippen LogP contribution in [0.3, 0.4) is 0 Å². The highest BCUT2D eigenvalue weighted by atomic mass is 32.2. The molecule has 0 spiro atoms. The first-order valence-corrected chi connectivity index (χ1v) is 14.3. The maximum atomic E-state index is 13.4. The molecule has 10 heteroatoms.